The lowest BCUT2D eigenvalue weighted by Gasteiger charge is -2.29. The maximum atomic E-state index is 6.40. The Bertz CT molecular complexity index is 3520. The van der Waals surface area contributed by atoms with Crippen molar-refractivity contribution in [3.05, 3.63) is 236 Å². The Kier molecular flexibility index (Phi) is 8.55. The van der Waals surface area contributed by atoms with Gasteiger partial charge in [-0.2, -0.15) is 0 Å². The maximum absolute atomic E-state index is 6.40. The Morgan fingerprint density at radius 1 is 0.365 bits per heavy atom. The van der Waals surface area contributed by atoms with Crippen LogP contribution in [0, 0.1) is 0 Å². The van der Waals surface area contributed by atoms with Gasteiger partial charge in [0.2, 0.25) is 0 Å². The van der Waals surface area contributed by atoms with Crippen LogP contribution in [0.25, 0.3) is 88.3 Å². The number of para-hydroxylation sites is 2. The molecule has 1 aliphatic carbocycles. The van der Waals surface area contributed by atoms with Crippen LogP contribution >= 0.6 is 0 Å². The van der Waals surface area contributed by atoms with Crippen molar-refractivity contribution in [1.82, 2.24) is 0 Å². The fourth-order valence-electron chi connectivity index (χ4n) is 10.2. The summed E-state index contributed by atoms with van der Waals surface area (Å²) in [6.45, 7) is 4.72. The molecule has 0 unspecified atom stereocenters. The summed E-state index contributed by atoms with van der Waals surface area (Å²) in [7, 11) is 0. The molecule has 63 heavy (non-hydrogen) atoms. The van der Waals surface area contributed by atoms with Crippen molar-refractivity contribution in [3.63, 3.8) is 0 Å². The molecule has 0 bridgehead atoms. The number of furan rings is 1. The number of fused-ring (bicyclic) bond motifs is 7. The standard InChI is InChI=1S/C61H43NO/c1-61(2)55-21-8-5-15-50(55)53-20-11-18-49(60(53)61)44-33-37-48(38-34-44)62(56-22-9-6-16-51(56)52-19-12-24-58-59(52)54-17-7-10-23-57(54)63-58)47-35-31-42(32-36-47)41-25-27-43(28-26-41)46-30-29-40-13-3-4-14-45(40)39-46/h3-39H,1-2H3. The molecule has 11 aromatic rings. The van der Waals surface area contributed by atoms with Gasteiger partial charge in [0.1, 0.15) is 11.2 Å². The van der Waals surface area contributed by atoms with Crippen molar-refractivity contribution in [2.75, 3.05) is 4.90 Å². The summed E-state index contributed by atoms with van der Waals surface area (Å²) >= 11 is 0. The predicted molar refractivity (Wildman–Crippen MR) is 265 cm³/mol. The number of nitrogens with zero attached hydrogens (tertiary/aromatic N) is 1. The number of hydrogen-bond donors (Lipinski definition) is 0. The van der Waals surface area contributed by atoms with E-state index in [4.69, 9.17) is 4.42 Å². The second kappa shape index (κ2) is 14.6. The summed E-state index contributed by atoms with van der Waals surface area (Å²) in [5, 5.41) is 4.75. The Labute approximate surface area is 368 Å². The van der Waals surface area contributed by atoms with Crippen LogP contribution in [0.1, 0.15) is 25.0 Å². The van der Waals surface area contributed by atoms with Crippen LogP contribution in [0.4, 0.5) is 17.1 Å². The molecule has 10 aromatic carbocycles. The van der Waals surface area contributed by atoms with Crippen molar-refractivity contribution in [2.45, 2.75) is 19.3 Å². The molecule has 1 aromatic heterocycles. The van der Waals surface area contributed by atoms with Crippen molar-refractivity contribution in [3.8, 4) is 55.6 Å². The molecule has 0 atom stereocenters. The highest BCUT2D eigenvalue weighted by atomic mass is 16.3. The summed E-state index contributed by atoms with van der Waals surface area (Å²) in [5.74, 6) is 0. The third-order valence-corrected chi connectivity index (χ3v) is 13.3. The first-order valence-corrected chi connectivity index (χ1v) is 21.8. The summed E-state index contributed by atoms with van der Waals surface area (Å²) in [4.78, 5) is 2.40. The Hall–Kier alpha value is -7.94. The van der Waals surface area contributed by atoms with Crippen molar-refractivity contribution >= 4 is 49.8 Å². The van der Waals surface area contributed by atoms with Gasteiger partial charge >= 0.3 is 0 Å². The quantitative estimate of drug-likeness (QED) is 0.160. The SMILES string of the molecule is CC1(C)c2ccccc2-c2cccc(-c3ccc(N(c4ccc(-c5ccc(-c6ccc7ccccc7c6)cc5)cc4)c4ccccc4-c4cccc5oc6ccccc6c45)cc3)c21. The number of benzene rings is 10. The molecule has 0 radical (unpaired) electrons. The highest BCUT2D eigenvalue weighted by Crippen LogP contribution is 2.52. The van der Waals surface area contributed by atoms with E-state index in [2.05, 4.69) is 237 Å². The fourth-order valence-corrected chi connectivity index (χ4v) is 10.2. The summed E-state index contributed by atoms with van der Waals surface area (Å²) in [5.41, 5.74) is 19.9. The largest absolute Gasteiger partial charge is 0.456 e. The number of hydrogen-bond acceptors (Lipinski definition) is 2. The molecule has 0 fully saturated rings. The monoisotopic (exact) mass is 805 g/mol. The van der Waals surface area contributed by atoms with Gasteiger partial charge in [-0.1, -0.05) is 190 Å². The molecule has 12 rings (SSSR count). The zero-order chi connectivity index (χ0) is 42.1. The molecule has 2 heteroatoms. The smallest absolute Gasteiger partial charge is 0.136 e. The van der Waals surface area contributed by atoms with Crippen LogP contribution < -0.4 is 4.90 Å². The van der Waals surface area contributed by atoms with Crippen molar-refractivity contribution < 1.29 is 4.42 Å². The zero-order valence-electron chi connectivity index (χ0n) is 35.2. The van der Waals surface area contributed by atoms with Crippen LogP contribution in [-0.2, 0) is 5.41 Å². The average molecular weight is 806 g/mol. The molecule has 1 aliphatic rings. The number of anilines is 3. The van der Waals surface area contributed by atoms with Gasteiger partial charge in [0.15, 0.2) is 0 Å². The summed E-state index contributed by atoms with van der Waals surface area (Å²) < 4.78 is 6.40. The van der Waals surface area contributed by atoms with Crippen molar-refractivity contribution in [2.24, 2.45) is 0 Å². The van der Waals surface area contributed by atoms with E-state index in [1.165, 1.54) is 66.4 Å². The van der Waals surface area contributed by atoms with Crippen LogP contribution in [-0.4, -0.2) is 0 Å². The maximum Gasteiger partial charge on any atom is 0.136 e. The molecule has 0 aliphatic heterocycles. The van der Waals surface area contributed by atoms with Gasteiger partial charge in [0.25, 0.3) is 0 Å². The van der Waals surface area contributed by atoms with E-state index in [-0.39, 0.29) is 5.41 Å². The second-order valence-corrected chi connectivity index (χ2v) is 17.3. The normalized spacial score (nSPS) is 12.7. The molecular weight excluding hydrogens is 763 g/mol. The fraction of sp³-hybridized carbons (Fsp3) is 0.0492. The molecule has 0 amide bonds. The first-order chi connectivity index (χ1) is 31.0. The molecule has 0 N–H and O–H groups in total. The van der Waals surface area contributed by atoms with Crippen LogP contribution in [0.5, 0.6) is 0 Å². The van der Waals surface area contributed by atoms with Crippen LogP contribution in [0.15, 0.2) is 229 Å². The Morgan fingerprint density at radius 2 is 0.889 bits per heavy atom. The van der Waals surface area contributed by atoms with Crippen LogP contribution in [0.2, 0.25) is 0 Å². The lowest BCUT2D eigenvalue weighted by atomic mass is 9.79. The molecule has 298 valence electrons. The highest BCUT2D eigenvalue weighted by molar-refractivity contribution is 6.14. The van der Waals surface area contributed by atoms with E-state index in [0.29, 0.717) is 0 Å². The van der Waals surface area contributed by atoms with Gasteiger partial charge < -0.3 is 9.32 Å². The van der Waals surface area contributed by atoms with Gasteiger partial charge in [-0.3, -0.25) is 0 Å². The molecule has 0 saturated heterocycles. The van der Waals surface area contributed by atoms with E-state index in [1.54, 1.807) is 0 Å². The molecule has 0 spiro atoms. The third kappa shape index (κ3) is 6.09. The van der Waals surface area contributed by atoms with Crippen molar-refractivity contribution in [1.29, 1.82) is 0 Å². The lowest BCUT2D eigenvalue weighted by Crippen LogP contribution is -2.16. The lowest BCUT2D eigenvalue weighted by molar-refractivity contribution is 0.662. The van der Waals surface area contributed by atoms with E-state index >= 15 is 0 Å². The van der Waals surface area contributed by atoms with E-state index in [9.17, 15) is 0 Å². The minimum absolute atomic E-state index is 0.108. The first-order valence-electron chi connectivity index (χ1n) is 21.8. The van der Waals surface area contributed by atoms with Gasteiger partial charge in [-0.05, 0) is 121 Å². The molecule has 1 heterocycles. The summed E-state index contributed by atoms with van der Waals surface area (Å²) in [6.07, 6.45) is 0. The minimum atomic E-state index is -0.108. The van der Waals surface area contributed by atoms with E-state index in [1.807, 2.05) is 6.07 Å². The second-order valence-electron chi connectivity index (χ2n) is 17.3. The Morgan fingerprint density at radius 3 is 1.67 bits per heavy atom. The zero-order valence-corrected chi connectivity index (χ0v) is 35.2. The molecular formula is C61H43NO. The minimum Gasteiger partial charge on any atom is -0.456 e. The van der Waals surface area contributed by atoms with Gasteiger partial charge in [-0.25, -0.2) is 0 Å². The first kappa shape index (κ1) is 36.9. The molecule has 2 nitrogen and oxygen atoms in total. The average Bonchev–Trinajstić information content (AvgIpc) is 3.84. The van der Waals surface area contributed by atoms with E-state index in [0.717, 1.165) is 50.1 Å². The molecule has 0 saturated carbocycles. The van der Waals surface area contributed by atoms with Gasteiger partial charge in [-0.15, -0.1) is 0 Å². The highest BCUT2D eigenvalue weighted by Gasteiger charge is 2.37. The van der Waals surface area contributed by atoms with Gasteiger partial charge in [0.05, 0.1) is 5.69 Å². The Balaban J connectivity index is 0.961. The summed E-state index contributed by atoms with van der Waals surface area (Å²) in [6, 6.07) is 81.6. The van der Waals surface area contributed by atoms with Crippen LogP contribution in [0.3, 0.4) is 0 Å². The van der Waals surface area contributed by atoms with Gasteiger partial charge in [0, 0.05) is 33.1 Å². The third-order valence-electron chi connectivity index (χ3n) is 13.3. The predicted octanol–water partition coefficient (Wildman–Crippen LogP) is 17.2. The van der Waals surface area contributed by atoms with E-state index < -0.39 is 0 Å². The number of rotatable bonds is 7. The topological polar surface area (TPSA) is 16.4 Å².